The second kappa shape index (κ2) is 49.8. The Morgan fingerprint density at radius 2 is 0.524 bits per heavy atom. The van der Waals surface area contributed by atoms with Crippen LogP contribution in [0.3, 0.4) is 0 Å². The molecule has 0 aromatic carbocycles. The molecule has 0 aliphatic carbocycles. The van der Waals surface area contributed by atoms with Gasteiger partial charge in [-0.1, -0.05) is 279 Å². The van der Waals surface area contributed by atoms with E-state index in [0.29, 0.717) is 19.3 Å². The molecule has 0 saturated carbocycles. The van der Waals surface area contributed by atoms with E-state index in [2.05, 4.69) is 34.6 Å². The molecule has 0 bridgehead atoms. The minimum absolute atomic E-state index is 0.0632. The van der Waals surface area contributed by atoms with Gasteiger partial charge in [-0.15, -0.1) is 0 Å². The molecule has 0 heterocycles. The van der Waals surface area contributed by atoms with Gasteiger partial charge in [0, 0.05) is 19.3 Å². The number of rotatable bonds is 51. The molecule has 6 nitrogen and oxygen atoms in total. The lowest BCUT2D eigenvalue weighted by molar-refractivity contribution is -0.167. The first kappa shape index (κ1) is 61.4. The maximum atomic E-state index is 12.8. The molecule has 6 heteroatoms. The molecule has 0 spiro atoms. The summed E-state index contributed by atoms with van der Waals surface area (Å²) < 4.78 is 16.9. The Hall–Kier alpha value is -1.59. The van der Waals surface area contributed by atoms with Gasteiger partial charge in [0.15, 0.2) is 6.10 Å². The van der Waals surface area contributed by atoms with Crippen molar-refractivity contribution in [3.63, 3.8) is 0 Å². The van der Waals surface area contributed by atoms with Crippen molar-refractivity contribution in [2.75, 3.05) is 13.2 Å². The van der Waals surface area contributed by atoms with E-state index in [1.54, 1.807) is 0 Å². The number of esters is 3. The third-order valence-electron chi connectivity index (χ3n) is 13.0. The maximum absolute atomic E-state index is 12.8. The van der Waals surface area contributed by atoms with Gasteiger partial charge in [-0.2, -0.15) is 0 Å². The minimum Gasteiger partial charge on any atom is -0.462 e. The molecule has 0 aromatic heterocycles. The monoisotopic (exact) mass is 891 g/mol. The topological polar surface area (TPSA) is 78.9 Å². The van der Waals surface area contributed by atoms with Crippen molar-refractivity contribution in [3.05, 3.63) is 0 Å². The molecular weight excluding hydrogens is 781 g/mol. The van der Waals surface area contributed by atoms with E-state index in [1.807, 2.05) is 0 Å². The highest BCUT2D eigenvalue weighted by Crippen LogP contribution is 2.18. The van der Waals surface area contributed by atoms with Gasteiger partial charge in [-0.3, -0.25) is 14.4 Å². The van der Waals surface area contributed by atoms with Gasteiger partial charge in [0.1, 0.15) is 13.2 Å². The summed E-state index contributed by atoms with van der Waals surface area (Å²) in [5.74, 6) is 0.796. The molecule has 374 valence electrons. The van der Waals surface area contributed by atoms with Crippen LogP contribution in [0.1, 0.15) is 317 Å². The average molecular weight is 892 g/mol. The summed E-state index contributed by atoms with van der Waals surface area (Å²) in [6.07, 6.45) is 52.4. The Kier molecular flexibility index (Phi) is 48.6. The summed E-state index contributed by atoms with van der Waals surface area (Å²) in [6.45, 7) is 11.4. The standard InChI is InChI=1S/C57H110O6/c1-6-7-8-9-10-11-12-13-14-15-16-20-23-26-32-37-42-47-55(58)61-50-54(51-62-56(59)48-43-38-33-29-28-31-36-41-46-53(4)5)63-57(60)49-44-39-34-27-24-21-18-17-19-22-25-30-35-40-45-52(2)3/h52-54H,6-51H2,1-5H3/t54-/m0/s1. The molecule has 0 saturated heterocycles. The van der Waals surface area contributed by atoms with Crippen molar-refractivity contribution >= 4 is 17.9 Å². The Balaban J connectivity index is 4.27. The zero-order valence-corrected chi connectivity index (χ0v) is 43.2. The van der Waals surface area contributed by atoms with Gasteiger partial charge in [-0.05, 0) is 31.1 Å². The smallest absolute Gasteiger partial charge is 0.306 e. The summed E-state index contributed by atoms with van der Waals surface area (Å²) in [6, 6.07) is 0. The fraction of sp³-hybridized carbons (Fsp3) is 0.947. The second-order valence-electron chi connectivity index (χ2n) is 20.5. The number of unbranched alkanes of at least 4 members (excludes halogenated alkanes) is 36. The zero-order valence-electron chi connectivity index (χ0n) is 43.2. The average Bonchev–Trinajstić information content (AvgIpc) is 3.25. The molecule has 1 atom stereocenters. The van der Waals surface area contributed by atoms with Crippen LogP contribution in [0.15, 0.2) is 0 Å². The molecule has 63 heavy (non-hydrogen) atoms. The highest BCUT2D eigenvalue weighted by Gasteiger charge is 2.19. The molecule has 0 N–H and O–H groups in total. The van der Waals surface area contributed by atoms with Crippen LogP contribution in [0.5, 0.6) is 0 Å². The van der Waals surface area contributed by atoms with E-state index < -0.39 is 6.10 Å². The molecule has 0 aliphatic rings. The molecule has 0 aliphatic heterocycles. The Morgan fingerprint density at radius 3 is 0.778 bits per heavy atom. The van der Waals surface area contributed by atoms with Crippen molar-refractivity contribution < 1.29 is 28.6 Å². The fourth-order valence-corrected chi connectivity index (χ4v) is 8.70. The number of ether oxygens (including phenoxy) is 3. The normalized spacial score (nSPS) is 12.0. The summed E-state index contributed by atoms with van der Waals surface area (Å²) in [5.41, 5.74) is 0. The van der Waals surface area contributed by atoms with Gasteiger partial charge < -0.3 is 14.2 Å². The van der Waals surface area contributed by atoms with Crippen molar-refractivity contribution in [1.82, 2.24) is 0 Å². The third-order valence-corrected chi connectivity index (χ3v) is 13.0. The van der Waals surface area contributed by atoms with Gasteiger partial charge in [0.25, 0.3) is 0 Å². The summed E-state index contributed by atoms with van der Waals surface area (Å²) in [7, 11) is 0. The van der Waals surface area contributed by atoms with E-state index in [0.717, 1.165) is 69.6 Å². The molecule has 0 unspecified atom stereocenters. The largest absolute Gasteiger partial charge is 0.462 e. The predicted octanol–water partition coefficient (Wildman–Crippen LogP) is 18.5. The Morgan fingerprint density at radius 1 is 0.302 bits per heavy atom. The SMILES string of the molecule is CCCCCCCCCCCCCCCCCCCC(=O)OC[C@@H](COC(=O)CCCCCCCCCCC(C)C)OC(=O)CCCCCCCCCCCCCCCCC(C)C. The van der Waals surface area contributed by atoms with E-state index in [1.165, 1.54) is 205 Å². The fourth-order valence-electron chi connectivity index (χ4n) is 8.70. The molecule has 0 aromatic rings. The van der Waals surface area contributed by atoms with E-state index in [4.69, 9.17) is 14.2 Å². The minimum atomic E-state index is -0.762. The molecular formula is C57H110O6. The maximum Gasteiger partial charge on any atom is 0.306 e. The van der Waals surface area contributed by atoms with Crippen LogP contribution in [0.2, 0.25) is 0 Å². The number of carbonyl (C=O) groups is 3. The molecule has 0 amide bonds. The van der Waals surface area contributed by atoms with Crippen LogP contribution in [-0.2, 0) is 28.6 Å². The first-order valence-corrected chi connectivity index (χ1v) is 28.2. The summed E-state index contributed by atoms with van der Waals surface area (Å²) in [5, 5.41) is 0. The van der Waals surface area contributed by atoms with E-state index in [9.17, 15) is 14.4 Å². The highest BCUT2D eigenvalue weighted by molar-refractivity contribution is 5.71. The first-order chi connectivity index (χ1) is 30.7. The van der Waals surface area contributed by atoms with Crippen molar-refractivity contribution in [1.29, 1.82) is 0 Å². The second-order valence-corrected chi connectivity index (χ2v) is 20.5. The lowest BCUT2D eigenvalue weighted by Crippen LogP contribution is -2.30. The van der Waals surface area contributed by atoms with Crippen LogP contribution >= 0.6 is 0 Å². The highest BCUT2D eigenvalue weighted by atomic mass is 16.6. The summed E-state index contributed by atoms with van der Waals surface area (Å²) >= 11 is 0. The van der Waals surface area contributed by atoms with Crippen molar-refractivity contribution in [3.8, 4) is 0 Å². The zero-order chi connectivity index (χ0) is 46.1. The van der Waals surface area contributed by atoms with Crippen molar-refractivity contribution in [2.45, 2.75) is 323 Å². The van der Waals surface area contributed by atoms with Crippen molar-refractivity contribution in [2.24, 2.45) is 11.8 Å². The van der Waals surface area contributed by atoms with Crippen LogP contribution < -0.4 is 0 Å². The van der Waals surface area contributed by atoms with Gasteiger partial charge >= 0.3 is 17.9 Å². The quantitative estimate of drug-likeness (QED) is 0.0344. The molecule has 0 fully saturated rings. The third kappa shape index (κ3) is 51.3. The number of hydrogen-bond donors (Lipinski definition) is 0. The van der Waals surface area contributed by atoms with Gasteiger partial charge in [0.05, 0.1) is 0 Å². The lowest BCUT2D eigenvalue weighted by Gasteiger charge is -2.18. The van der Waals surface area contributed by atoms with Gasteiger partial charge in [-0.25, -0.2) is 0 Å². The lowest BCUT2D eigenvalue weighted by atomic mass is 10.0. The van der Waals surface area contributed by atoms with E-state index in [-0.39, 0.29) is 31.1 Å². The van der Waals surface area contributed by atoms with Crippen LogP contribution in [0, 0.1) is 11.8 Å². The van der Waals surface area contributed by atoms with Crippen LogP contribution in [-0.4, -0.2) is 37.2 Å². The van der Waals surface area contributed by atoms with E-state index >= 15 is 0 Å². The van der Waals surface area contributed by atoms with Gasteiger partial charge in [0.2, 0.25) is 0 Å². The molecule has 0 rings (SSSR count). The predicted molar refractivity (Wildman–Crippen MR) is 270 cm³/mol. The van der Waals surface area contributed by atoms with Crippen LogP contribution in [0.4, 0.5) is 0 Å². The summed E-state index contributed by atoms with van der Waals surface area (Å²) in [4.78, 5) is 38.1. The first-order valence-electron chi connectivity index (χ1n) is 28.2. The Bertz CT molecular complexity index is 962. The number of hydrogen-bond acceptors (Lipinski definition) is 6. The van der Waals surface area contributed by atoms with Crippen LogP contribution in [0.25, 0.3) is 0 Å². The molecule has 0 radical (unpaired) electrons. The Labute approximate surface area is 393 Å². The number of carbonyl (C=O) groups excluding carboxylic acids is 3.